The van der Waals surface area contributed by atoms with Crippen molar-refractivity contribution < 1.29 is 4.92 Å². The van der Waals surface area contributed by atoms with E-state index < -0.39 is 4.92 Å². The Morgan fingerprint density at radius 3 is 2.73 bits per heavy atom. The van der Waals surface area contributed by atoms with E-state index in [4.69, 9.17) is 11.6 Å². The lowest BCUT2D eigenvalue weighted by molar-refractivity contribution is -0.385. The summed E-state index contributed by atoms with van der Waals surface area (Å²) in [6.07, 6.45) is 0. The molecule has 1 N–H and O–H groups in total. The van der Waals surface area contributed by atoms with Gasteiger partial charge in [0.2, 0.25) is 0 Å². The molecule has 58 valence electrons. The fraction of sp³-hybridized carbons (Fsp3) is 0. The number of nitrogens with one attached hydrogen (secondary N) is 1. The predicted octanol–water partition coefficient (Wildman–Crippen LogP) is 2.31. The van der Waals surface area contributed by atoms with Crippen molar-refractivity contribution in [1.82, 2.24) is 4.98 Å². The van der Waals surface area contributed by atoms with Gasteiger partial charge in [0.15, 0.2) is 4.64 Å². The molecule has 0 aliphatic carbocycles. The van der Waals surface area contributed by atoms with Gasteiger partial charge < -0.3 is 4.98 Å². The molecule has 4 nitrogen and oxygen atoms in total. The second-order valence-corrected chi connectivity index (χ2v) is 2.59. The molecular formula is C5H3ClN2O2S. The van der Waals surface area contributed by atoms with Crippen LogP contribution in [0.25, 0.3) is 0 Å². The molecule has 0 aliphatic rings. The largest absolute Gasteiger partial charge is 0.331 e. The van der Waals surface area contributed by atoms with Crippen LogP contribution in [-0.2, 0) is 0 Å². The Bertz CT molecular complexity index is 349. The van der Waals surface area contributed by atoms with Gasteiger partial charge >= 0.3 is 5.69 Å². The van der Waals surface area contributed by atoms with Crippen molar-refractivity contribution in [2.75, 3.05) is 0 Å². The number of nitro groups is 1. The van der Waals surface area contributed by atoms with Crippen LogP contribution in [0.4, 0.5) is 5.69 Å². The van der Waals surface area contributed by atoms with Gasteiger partial charge in [-0.05, 0) is 6.07 Å². The highest BCUT2D eigenvalue weighted by Crippen LogP contribution is 2.14. The standard InChI is InChI=1S/C5H3ClN2O2S/c6-4-2-1-3(8(9)10)5(11)7-4/h1-2H,(H,7,11). The number of H-pyrrole nitrogens is 1. The zero-order valence-corrected chi connectivity index (χ0v) is 6.78. The van der Waals surface area contributed by atoms with Crippen molar-refractivity contribution in [1.29, 1.82) is 0 Å². The van der Waals surface area contributed by atoms with Gasteiger partial charge in [0, 0.05) is 6.07 Å². The van der Waals surface area contributed by atoms with E-state index in [0.29, 0.717) is 5.15 Å². The average molecular weight is 191 g/mol. The number of aromatic nitrogens is 1. The molecule has 1 heterocycles. The van der Waals surface area contributed by atoms with Crippen LogP contribution >= 0.6 is 23.8 Å². The number of pyridine rings is 1. The molecular weight excluding hydrogens is 188 g/mol. The normalized spacial score (nSPS) is 9.55. The minimum absolute atomic E-state index is 0.0440. The third-order valence-electron chi connectivity index (χ3n) is 1.05. The summed E-state index contributed by atoms with van der Waals surface area (Å²) in [5.74, 6) is 0. The number of nitrogens with zero attached hydrogens (tertiary/aromatic N) is 1. The highest BCUT2D eigenvalue weighted by molar-refractivity contribution is 7.71. The maximum absolute atomic E-state index is 10.2. The number of rotatable bonds is 1. The number of hydrogen-bond acceptors (Lipinski definition) is 3. The monoisotopic (exact) mass is 190 g/mol. The van der Waals surface area contributed by atoms with Gasteiger partial charge in [-0.15, -0.1) is 0 Å². The molecule has 0 bridgehead atoms. The van der Waals surface area contributed by atoms with Gasteiger partial charge in [0.1, 0.15) is 5.15 Å². The average Bonchev–Trinajstić information content (AvgIpc) is 1.85. The third kappa shape index (κ3) is 1.75. The summed E-state index contributed by atoms with van der Waals surface area (Å²) in [7, 11) is 0. The van der Waals surface area contributed by atoms with Crippen molar-refractivity contribution >= 4 is 29.5 Å². The number of halogens is 1. The molecule has 0 fully saturated rings. The fourth-order valence-corrected chi connectivity index (χ4v) is 1.05. The van der Waals surface area contributed by atoms with Gasteiger partial charge in [-0.3, -0.25) is 10.1 Å². The second kappa shape index (κ2) is 2.98. The Balaban J connectivity index is 3.32. The van der Waals surface area contributed by atoms with E-state index in [2.05, 4.69) is 17.2 Å². The SMILES string of the molecule is O=[N+]([O-])c1ccc(Cl)[nH]c1=S. The smallest absolute Gasteiger partial charge is 0.303 e. The lowest BCUT2D eigenvalue weighted by atomic mass is 10.4. The predicted molar refractivity (Wildman–Crippen MR) is 43.3 cm³/mol. The first kappa shape index (κ1) is 8.16. The summed E-state index contributed by atoms with van der Waals surface area (Å²) in [6, 6.07) is 2.65. The van der Waals surface area contributed by atoms with Crippen LogP contribution < -0.4 is 0 Å². The van der Waals surface area contributed by atoms with Crippen LogP contribution in [0.1, 0.15) is 0 Å². The molecule has 1 aromatic rings. The summed E-state index contributed by atoms with van der Waals surface area (Å²) >= 11 is 10.1. The molecule has 0 amide bonds. The quantitative estimate of drug-likeness (QED) is 0.320. The van der Waals surface area contributed by atoms with E-state index in [1.165, 1.54) is 12.1 Å². The van der Waals surface area contributed by atoms with Gasteiger partial charge in [-0.25, -0.2) is 0 Å². The van der Waals surface area contributed by atoms with Crippen LogP contribution in [0, 0.1) is 14.8 Å². The Labute approximate surface area is 72.0 Å². The molecule has 6 heteroatoms. The topological polar surface area (TPSA) is 58.9 Å². The van der Waals surface area contributed by atoms with E-state index in [-0.39, 0.29) is 10.3 Å². The summed E-state index contributed by atoms with van der Waals surface area (Å²) in [6.45, 7) is 0. The van der Waals surface area contributed by atoms with Gasteiger partial charge in [-0.1, -0.05) is 23.8 Å². The van der Waals surface area contributed by atoms with Crippen LogP contribution in [-0.4, -0.2) is 9.91 Å². The number of aromatic amines is 1. The molecule has 11 heavy (non-hydrogen) atoms. The van der Waals surface area contributed by atoms with Gasteiger partial charge in [-0.2, -0.15) is 0 Å². The summed E-state index contributed by atoms with van der Waals surface area (Å²) in [5.41, 5.74) is -0.135. The minimum Gasteiger partial charge on any atom is -0.331 e. The second-order valence-electron chi connectivity index (χ2n) is 1.78. The lowest BCUT2D eigenvalue weighted by Crippen LogP contribution is -1.90. The molecule has 1 aromatic heterocycles. The van der Waals surface area contributed by atoms with Crippen molar-refractivity contribution in [2.45, 2.75) is 0 Å². The highest BCUT2D eigenvalue weighted by Gasteiger charge is 2.06. The van der Waals surface area contributed by atoms with Gasteiger partial charge in [0.05, 0.1) is 4.92 Å². The molecule has 0 aliphatic heterocycles. The van der Waals surface area contributed by atoms with E-state index in [1.807, 2.05) is 0 Å². The lowest BCUT2D eigenvalue weighted by Gasteiger charge is -1.91. The molecule has 1 rings (SSSR count). The Morgan fingerprint density at radius 1 is 1.64 bits per heavy atom. The summed E-state index contributed by atoms with van der Waals surface area (Å²) in [4.78, 5) is 12.1. The Kier molecular flexibility index (Phi) is 2.21. The highest BCUT2D eigenvalue weighted by atomic mass is 35.5. The van der Waals surface area contributed by atoms with E-state index >= 15 is 0 Å². The molecule has 0 atom stereocenters. The first-order valence-electron chi connectivity index (χ1n) is 2.64. The van der Waals surface area contributed by atoms with Crippen molar-refractivity contribution in [3.05, 3.63) is 32.0 Å². The third-order valence-corrected chi connectivity index (χ3v) is 1.58. The van der Waals surface area contributed by atoms with Crippen molar-refractivity contribution in [2.24, 2.45) is 0 Å². The minimum atomic E-state index is -0.560. The Morgan fingerprint density at radius 2 is 2.27 bits per heavy atom. The first-order valence-corrected chi connectivity index (χ1v) is 3.43. The van der Waals surface area contributed by atoms with Crippen molar-refractivity contribution in [3.8, 4) is 0 Å². The maximum Gasteiger partial charge on any atom is 0.303 e. The number of hydrogen-bond donors (Lipinski definition) is 1. The van der Waals surface area contributed by atoms with E-state index in [9.17, 15) is 10.1 Å². The van der Waals surface area contributed by atoms with Crippen LogP contribution in [0.3, 0.4) is 0 Å². The molecule has 0 saturated carbocycles. The zero-order valence-electron chi connectivity index (χ0n) is 5.20. The first-order chi connectivity index (χ1) is 5.11. The zero-order chi connectivity index (χ0) is 8.43. The van der Waals surface area contributed by atoms with Crippen LogP contribution in [0.2, 0.25) is 5.15 Å². The summed E-state index contributed by atoms with van der Waals surface area (Å²) < 4.78 is 0.0440. The van der Waals surface area contributed by atoms with Crippen molar-refractivity contribution in [3.63, 3.8) is 0 Å². The van der Waals surface area contributed by atoms with Gasteiger partial charge in [0.25, 0.3) is 0 Å². The maximum atomic E-state index is 10.2. The summed E-state index contributed by atoms with van der Waals surface area (Å²) in [5, 5.41) is 10.5. The Hall–Kier alpha value is -0.940. The van der Waals surface area contributed by atoms with E-state index in [0.717, 1.165) is 0 Å². The van der Waals surface area contributed by atoms with E-state index in [1.54, 1.807) is 0 Å². The molecule has 0 saturated heterocycles. The molecule has 0 aromatic carbocycles. The van der Waals surface area contributed by atoms with Crippen LogP contribution in [0.5, 0.6) is 0 Å². The fourth-order valence-electron chi connectivity index (χ4n) is 0.586. The molecule has 0 spiro atoms. The van der Waals surface area contributed by atoms with Crippen LogP contribution in [0.15, 0.2) is 12.1 Å². The molecule has 0 radical (unpaired) electrons. The molecule has 0 unspecified atom stereocenters.